The third-order valence-corrected chi connectivity index (χ3v) is 5.42. The van der Waals surface area contributed by atoms with Gasteiger partial charge in [-0.05, 0) is 43.2 Å². The molecule has 5 nitrogen and oxygen atoms in total. The van der Waals surface area contributed by atoms with E-state index in [0.29, 0.717) is 43.1 Å². The number of aromatic nitrogens is 1. The van der Waals surface area contributed by atoms with Crippen LogP contribution in [0, 0.1) is 6.92 Å². The molecule has 162 valence electrons. The Morgan fingerprint density at radius 2 is 1.84 bits per heavy atom. The average molecular weight is 429 g/mol. The lowest BCUT2D eigenvalue weighted by Crippen LogP contribution is -2.55. The summed E-state index contributed by atoms with van der Waals surface area (Å²) in [5.41, 5.74) is 1.49. The van der Waals surface area contributed by atoms with Crippen LogP contribution in [0.2, 0.25) is 0 Å². The first kappa shape index (κ1) is 21.1. The molecule has 0 aliphatic carbocycles. The molecule has 1 aliphatic heterocycles. The Labute approximate surface area is 177 Å². The number of hydrogen-bond donors (Lipinski definition) is 1. The lowest BCUT2D eigenvalue weighted by molar-refractivity contribution is -0.137. The maximum absolute atomic E-state index is 12.8. The molecule has 1 N–H and O–H groups in total. The Kier molecular flexibility index (Phi) is 5.82. The van der Waals surface area contributed by atoms with Gasteiger partial charge in [0.05, 0.1) is 17.3 Å². The topological polar surface area (TPSA) is 58.4 Å². The number of carbonyl (C=O) groups is 1. The van der Waals surface area contributed by atoms with Crippen molar-refractivity contribution in [2.24, 2.45) is 0 Å². The molecule has 1 amide bonds. The van der Waals surface area contributed by atoms with Gasteiger partial charge in [-0.1, -0.05) is 30.3 Å². The summed E-state index contributed by atoms with van der Waals surface area (Å²) in [4.78, 5) is 19.1. The predicted molar refractivity (Wildman–Crippen MR) is 109 cm³/mol. The van der Waals surface area contributed by atoms with Crippen LogP contribution in [-0.2, 0) is 23.9 Å². The van der Waals surface area contributed by atoms with Gasteiger partial charge >= 0.3 is 6.18 Å². The normalized spacial score (nSPS) is 17.5. The molecule has 1 unspecified atom stereocenters. The van der Waals surface area contributed by atoms with Crippen LogP contribution in [-0.4, -0.2) is 34.9 Å². The fourth-order valence-electron chi connectivity index (χ4n) is 3.70. The number of oxazole rings is 1. The SMILES string of the molecule is Cc1oc(-c2ccc(C(F)(F)F)cc2)nc1CN1CCNC(=O)C1Cc1ccccc1. The van der Waals surface area contributed by atoms with Crippen LogP contribution in [0.5, 0.6) is 0 Å². The first-order valence-corrected chi connectivity index (χ1v) is 10.0. The van der Waals surface area contributed by atoms with E-state index in [1.165, 1.54) is 12.1 Å². The number of rotatable bonds is 5. The van der Waals surface area contributed by atoms with Crippen LogP contribution in [0.3, 0.4) is 0 Å². The minimum atomic E-state index is -4.39. The molecule has 1 fully saturated rings. The Bertz CT molecular complexity index is 1050. The zero-order valence-corrected chi connectivity index (χ0v) is 16.9. The Morgan fingerprint density at radius 3 is 2.52 bits per heavy atom. The molecular weight excluding hydrogens is 407 g/mol. The molecular formula is C23H22F3N3O2. The monoisotopic (exact) mass is 429 g/mol. The van der Waals surface area contributed by atoms with Gasteiger partial charge in [-0.15, -0.1) is 0 Å². The van der Waals surface area contributed by atoms with E-state index >= 15 is 0 Å². The number of halogens is 3. The van der Waals surface area contributed by atoms with Gasteiger partial charge in [-0.2, -0.15) is 13.2 Å². The average Bonchev–Trinajstić information content (AvgIpc) is 3.11. The smallest absolute Gasteiger partial charge is 0.416 e. The van der Waals surface area contributed by atoms with Crippen LogP contribution in [0.25, 0.3) is 11.5 Å². The molecule has 1 aromatic heterocycles. The number of nitrogens with one attached hydrogen (secondary N) is 1. The van der Waals surface area contributed by atoms with E-state index in [1.807, 2.05) is 30.3 Å². The molecule has 0 bridgehead atoms. The second-order valence-electron chi connectivity index (χ2n) is 7.56. The predicted octanol–water partition coefficient (Wildman–Crippen LogP) is 4.21. The summed E-state index contributed by atoms with van der Waals surface area (Å²) >= 11 is 0. The number of hydrogen-bond acceptors (Lipinski definition) is 4. The number of amides is 1. The van der Waals surface area contributed by atoms with Crippen LogP contribution in [0.4, 0.5) is 13.2 Å². The van der Waals surface area contributed by atoms with Gasteiger partial charge in [0.1, 0.15) is 5.76 Å². The molecule has 0 spiro atoms. The Balaban J connectivity index is 1.53. The molecule has 0 saturated carbocycles. The Morgan fingerprint density at radius 1 is 1.13 bits per heavy atom. The highest BCUT2D eigenvalue weighted by Gasteiger charge is 2.32. The minimum absolute atomic E-state index is 0.0285. The highest BCUT2D eigenvalue weighted by atomic mass is 19.4. The van der Waals surface area contributed by atoms with Gasteiger partial charge < -0.3 is 9.73 Å². The summed E-state index contributed by atoms with van der Waals surface area (Å²) in [6, 6.07) is 14.2. The van der Waals surface area contributed by atoms with Crippen LogP contribution in [0.15, 0.2) is 59.0 Å². The minimum Gasteiger partial charge on any atom is -0.441 e. The molecule has 1 saturated heterocycles. The van der Waals surface area contributed by atoms with Crippen molar-refractivity contribution in [3.05, 3.63) is 77.2 Å². The molecule has 1 atom stereocenters. The van der Waals surface area contributed by atoms with E-state index in [1.54, 1.807) is 6.92 Å². The summed E-state index contributed by atoms with van der Waals surface area (Å²) in [5.74, 6) is 0.820. The number of aryl methyl sites for hydroxylation is 1. The van der Waals surface area contributed by atoms with Gasteiger partial charge in [0.2, 0.25) is 11.8 Å². The fourth-order valence-corrected chi connectivity index (χ4v) is 3.70. The largest absolute Gasteiger partial charge is 0.441 e. The van der Waals surface area contributed by atoms with Crippen molar-refractivity contribution in [2.45, 2.75) is 32.1 Å². The lowest BCUT2D eigenvalue weighted by Gasteiger charge is -2.34. The zero-order chi connectivity index (χ0) is 22.0. The molecule has 8 heteroatoms. The third-order valence-electron chi connectivity index (χ3n) is 5.42. The van der Waals surface area contributed by atoms with Crippen molar-refractivity contribution in [1.82, 2.24) is 15.2 Å². The van der Waals surface area contributed by atoms with Crippen molar-refractivity contribution in [3.63, 3.8) is 0 Å². The van der Waals surface area contributed by atoms with Crippen molar-refractivity contribution in [1.29, 1.82) is 0 Å². The van der Waals surface area contributed by atoms with Crippen molar-refractivity contribution in [2.75, 3.05) is 13.1 Å². The van der Waals surface area contributed by atoms with E-state index in [0.717, 1.165) is 17.7 Å². The number of benzene rings is 2. The maximum Gasteiger partial charge on any atom is 0.416 e. The first-order chi connectivity index (χ1) is 14.8. The van der Waals surface area contributed by atoms with E-state index in [9.17, 15) is 18.0 Å². The van der Waals surface area contributed by atoms with Crippen molar-refractivity contribution >= 4 is 5.91 Å². The molecule has 1 aliphatic rings. The van der Waals surface area contributed by atoms with Gasteiger partial charge in [0.25, 0.3) is 0 Å². The van der Waals surface area contributed by atoms with E-state index in [2.05, 4.69) is 15.2 Å². The third kappa shape index (κ3) is 4.80. The van der Waals surface area contributed by atoms with E-state index in [-0.39, 0.29) is 17.8 Å². The summed E-state index contributed by atoms with van der Waals surface area (Å²) in [6.07, 6.45) is -3.81. The summed E-state index contributed by atoms with van der Waals surface area (Å²) < 4.78 is 44.1. The van der Waals surface area contributed by atoms with Crippen LogP contribution >= 0.6 is 0 Å². The maximum atomic E-state index is 12.8. The standard InChI is InChI=1S/C23H22F3N3O2/c1-15-19(28-22(31-15)17-7-9-18(10-8-17)23(24,25)26)14-29-12-11-27-21(30)20(29)13-16-5-3-2-4-6-16/h2-10,20H,11-14H2,1H3,(H,27,30). The summed E-state index contributed by atoms with van der Waals surface area (Å²) in [7, 11) is 0. The van der Waals surface area contributed by atoms with Crippen molar-refractivity contribution < 1.29 is 22.4 Å². The highest BCUT2D eigenvalue weighted by Crippen LogP contribution is 2.31. The van der Waals surface area contributed by atoms with Gasteiger partial charge in [-0.3, -0.25) is 9.69 Å². The van der Waals surface area contributed by atoms with Gasteiger partial charge in [-0.25, -0.2) is 4.98 Å². The van der Waals surface area contributed by atoms with Gasteiger partial charge in [0.15, 0.2) is 0 Å². The number of piperazine rings is 1. The van der Waals surface area contributed by atoms with Crippen molar-refractivity contribution in [3.8, 4) is 11.5 Å². The second kappa shape index (κ2) is 8.55. The number of carbonyl (C=O) groups excluding carboxylic acids is 1. The molecule has 4 rings (SSSR count). The number of nitrogens with zero attached hydrogens (tertiary/aromatic N) is 2. The van der Waals surface area contributed by atoms with Gasteiger partial charge in [0, 0.05) is 25.2 Å². The zero-order valence-electron chi connectivity index (χ0n) is 16.9. The molecule has 31 heavy (non-hydrogen) atoms. The van der Waals surface area contributed by atoms with Crippen LogP contribution in [0.1, 0.15) is 22.6 Å². The summed E-state index contributed by atoms with van der Waals surface area (Å²) in [6.45, 7) is 3.41. The first-order valence-electron chi connectivity index (χ1n) is 10.0. The van der Waals surface area contributed by atoms with Crippen LogP contribution < -0.4 is 5.32 Å². The highest BCUT2D eigenvalue weighted by molar-refractivity contribution is 5.82. The molecule has 2 aromatic carbocycles. The molecule has 2 heterocycles. The molecule has 0 radical (unpaired) electrons. The number of alkyl halides is 3. The fraction of sp³-hybridized carbons (Fsp3) is 0.304. The van der Waals surface area contributed by atoms with E-state index in [4.69, 9.17) is 4.42 Å². The quantitative estimate of drug-likeness (QED) is 0.660. The second-order valence-corrected chi connectivity index (χ2v) is 7.56. The Hall–Kier alpha value is -3.13. The molecule has 3 aromatic rings. The summed E-state index contributed by atoms with van der Waals surface area (Å²) in [5, 5.41) is 2.91. The lowest BCUT2D eigenvalue weighted by atomic mass is 10.0. The van der Waals surface area contributed by atoms with E-state index < -0.39 is 11.7 Å².